The lowest BCUT2D eigenvalue weighted by Crippen LogP contribution is -2.52. The molecule has 2 heterocycles. The van der Waals surface area contributed by atoms with Crippen LogP contribution in [0.3, 0.4) is 0 Å². The SMILES string of the molecule is CCOC(=O)C1=C(CNCC23CC4CC(CC(C4)C2)C3)NC(=O)NC1c1ccc2c(c1)OCO2. The van der Waals surface area contributed by atoms with E-state index < -0.39 is 12.0 Å². The number of nitrogens with one attached hydrogen (secondary N) is 3. The topological polar surface area (TPSA) is 97.9 Å². The minimum Gasteiger partial charge on any atom is -0.463 e. The van der Waals surface area contributed by atoms with Crippen LogP contribution >= 0.6 is 0 Å². The zero-order valence-corrected chi connectivity index (χ0v) is 19.7. The van der Waals surface area contributed by atoms with Crippen molar-refractivity contribution in [2.45, 2.75) is 51.5 Å². The van der Waals surface area contributed by atoms with Gasteiger partial charge < -0.3 is 30.2 Å². The zero-order chi connectivity index (χ0) is 23.3. The number of rotatable bonds is 7. The zero-order valence-electron chi connectivity index (χ0n) is 19.7. The van der Waals surface area contributed by atoms with Crippen molar-refractivity contribution in [1.29, 1.82) is 0 Å². The molecule has 0 spiro atoms. The lowest BCUT2D eigenvalue weighted by atomic mass is 9.49. The van der Waals surface area contributed by atoms with Crippen molar-refractivity contribution in [1.82, 2.24) is 16.0 Å². The van der Waals surface area contributed by atoms with Gasteiger partial charge in [-0.1, -0.05) is 6.07 Å². The summed E-state index contributed by atoms with van der Waals surface area (Å²) in [4.78, 5) is 25.7. The molecule has 8 nitrogen and oxygen atoms in total. The molecule has 1 aromatic rings. The summed E-state index contributed by atoms with van der Waals surface area (Å²) in [6, 6.07) is 4.52. The first-order valence-electron chi connectivity index (χ1n) is 12.6. The summed E-state index contributed by atoms with van der Waals surface area (Å²) in [6.07, 6.45) is 8.17. The lowest BCUT2D eigenvalue weighted by molar-refractivity contribution is -0.139. The van der Waals surface area contributed by atoms with E-state index in [9.17, 15) is 9.59 Å². The van der Waals surface area contributed by atoms with E-state index in [2.05, 4.69) is 16.0 Å². The molecule has 34 heavy (non-hydrogen) atoms. The van der Waals surface area contributed by atoms with Crippen LogP contribution in [-0.2, 0) is 9.53 Å². The van der Waals surface area contributed by atoms with Crippen LogP contribution in [0.15, 0.2) is 29.5 Å². The molecule has 0 saturated heterocycles. The summed E-state index contributed by atoms with van der Waals surface area (Å²) in [7, 11) is 0. The van der Waals surface area contributed by atoms with Gasteiger partial charge in [-0.3, -0.25) is 0 Å². The van der Waals surface area contributed by atoms with Crippen molar-refractivity contribution in [3.8, 4) is 11.5 Å². The molecule has 8 heteroatoms. The van der Waals surface area contributed by atoms with Crippen LogP contribution in [0, 0.1) is 23.2 Å². The largest absolute Gasteiger partial charge is 0.463 e. The number of fused-ring (bicyclic) bond motifs is 1. The average molecular weight is 468 g/mol. The molecule has 1 atom stereocenters. The van der Waals surface area contributed by atoms with Crippen LogP contribution in [0.25, 0.3) is 0 Å². The van der Waals surface area contributed by atoms with Gasteiger partial charge in [0, 0.05) is 18.8 Å². The molecule has 4 fully saturated rings. The van der Waals surface area contributed by atoms with Gasteiger partial charge in [0.2, 0.25) is 6.79 Å². The van der Waals surface area contributed by atoms with Gasteiger partial charge in [0.15, 0.2) is 11.5 Å². The molecule has 2 aliphatic heterocycles. The maximum atomic E-state index is 13.1. The molecule has 0 aromatic heterocycles. The molecule has 4 aliphatic carbocycles. The number of amides is 2. The van der Waals surface area contributed by atoms with Gasteiger partial charge in [0.1, 0.15) is 0 Å². The third kappa shape index (κ3) is 3.91. The third-order valence-corrected chi connectivity index (χ3v) is 8.35. The number of hydrogen-bond acceptors (Lipinski definition) is 6. The number of urea groups is 1. The quantitative estimate of drug-likeness (QED) is 0.532. The van der Waals surface area contributed by atoms with Crippen LogP contribution < -0.4 is 25.4 Å². The van der Waals surface area contributed by atoms with Crippen LogP contribution in [-0.4, -0.2) is 38.5 Å². The second-order valence-electron chi connectivity index (χ2n) is 10.8. The maximum Gasteiger partial charge on any atom is 0.338 e. The molecule has 1 aromatic carbocycles. The summed E-state index contributed by atoms with van der Waals surface area (Å²) in [5.74, 6) is 3.49. The highest BCUT2D eigenvalue weighted by Crippen LogP contribution is 2.59. The Morgan fingerprint density at radius 1 is 1.12 bits per heavy atom. The lowest BCUT2D eigenvalue weighted by Gasteiger charge is -2.57. The average Bonchev–Trinajstić information content (AvgIpc) is 3.26. The summed E-state index contributed by atoms with van der Waals surface area (Å²) in [6.45, 7) is 3.56. The number of ether oxygens (including phenoxy) is 3. The molecule has 1 unspecified atom stereocenters. The number of carbonyl (C=O) groups excluding carboxylic acids is 2. The Morgan fingerprint density at radius 3 is 2.53 bits per heavy atom. The van der Waals surface area contributed by atoms with E-state index in [-0.39, 0.29) is 19.4 Å². The van der Waals surface area contributed by atoms with Gasteiger partial charge in [0.25, 0.3) is 0 Å². The minimum atomic E-state index is -0.626. The van der Waals surface area contributed by atoms with Crippen molar-refractivity contribution < 1.29 is 23.8 Å². The maximum absolute atomic E-state index is 13.1. The number of carbonyl (C=O) groups is 2. The Labute approximate surface area is 199 Å². The van der Waals surface area contributed by atoms with Crippen molar-refractivity contribution in [3.05, 3.63) is 35.0 Å². The summed E-state index contributed by atoms with van der Waals surface area (Å²) >= 11 is 0. The van der Waals surface area contributed by atoms with E-state index in [4.69, 9.17) is 14.2 Å². The van der Waals surface area contributed by atoms with Crippen LogP contribution in [0.1, 0.15) is 57.1 Å². The predicted octanol–water partition coefficient (Wildman–Crippen LogP) is 3.39. The second-order valence-corrected chi connectivity index (χ2v) is 10.8. The highest BCUT2D eigenvalue weighted by molar-refractivity contribution is 5.95. The standard InChI is InChI=1S/C26H33N3O5/c1-2-32-24(30)22-19(12-27-13-26-9-15-5-16(10-26)7-17(6-15)11-26)28-25(31)29-23(22)18-3-4-20-21(8-18)34-14-33-20/h3-4,8,15-17,23,27H,2,5-7,9-14H2,1H3,(H2,28,29,31). The van der Waals surface area contributed by atoms with Crippen LogP contribution in [0.4, 0.5) is 4.79 Å². The van der Waals surface area contributed by atoms with Crippen LogP contribution in [0.5, 0.6) is 11.5 Å². The van der Waals surface area contributed by atoms with Gasteiger partial charge in [-0.15, -0.1) is 0 Å². The molecule has 0 radical (unpaired) electrons. The van der Waals surface area contributed by atoms with Crippen LogP contribution in [0.2, 0.25) is 0 Å². The van der Waals surface area contributed by atoms with E-state index in [1.807, 2.05) is 12.1 Å². The Kier molecular flexibility index (Phi) is 5.43. The molecule has 7 rings (SSSR count). The molecule has 4 bridgehead atoms. The molecular weight excluding hydrogens is 434 g/mol. The van der Waals surface area contributed by atoms with Gasteiger partial charge in [-0.2, -0.15) is 0 Å². The third-order valence-electron chi connectivity index (χ3n) is 8.35. The van der Waals surface area contributed by atoms with E-state index in [0.29, 0.717) is 34.7 Å². The number of hydrogen-bond donors (Lipinski definition) is 3. The Morgan fingerprint density at radius 2 is 1.82 bits per heavy atom. The first kappa shape index (κ1) is 21.8. The Hall–Kier alpha value is -2.74. The minimum absolute atomic E-state index is 0.164. The summed E-state index contributed by atoms with van der Waals surface area (Å²) in [5.41, 5.74) is 2.13. The summed E-state index contributed by atoms with van der Waals surface area (Å²) in [5, 5.41) is 9.39. The first-order valence-corrected chi connectivity index (χ1v) is 12.6. The van der Waals surface area contributed by atoms with Gasteiger partial charge in [0.05, 0.1) is 18.2 Å². The van der Waals surface area contributed by atoms with Crippen molar-refractivity contribution in [3.63, 3.8) is 0 Å². The van der Waals surface area contributed by atoms with E-state index >= 15 is 0 Å². The van der Waals surface area contributed by atoms with Gasteiger partial charge in [-0.25, -0.2) is 9.59 Å². The van der Waals surface area contributed by atoms with E-state index in [1.54, 1.807) is 13.0 Å². The van der Waals surface area contributed by atoms with Gasteiger partial charge in [-0.05, 0) is 86.3 Å². The van der Waals surface area contributed by atoms with E-state index in [1.165, 1.54) is 38.5 Å². The molecule has 182 valence electrons. The predicted molar refractivity (Wildman–Crippen MR) is 124 cm³/mol. The van der Waals surface area contributed by atoms with Crippen molar-refractivity contribution in [2.24, 2.45) is 23.2 Å². The fraction of sp³-hybridized carbons (Fsp3) is 0.615. The molecule has 6 aliphatic rings. The monoisotopic (exact) mass is 467 g/mol. The first-order chi connectivity index (χ1) is 16.5. The number of benzene rings is 1. The number of esters is 1. The highest BCUT2D eigenvalue weighted by atomic mass is 16.7. The molecular formula is C26H33N3O5. The fourth-order valence-electron chi connectivity index (χ4n) is 7.51. The summed E-state index contributed by atoms with van der Waals surface area (Å²) < 4.78 is 16.3. The second kappa shape index (κ2) is 8.48. The van der Waals surface area contributed by atoms with E-state index in [0.717, 1.165) is 29.9 Å². The van der Waals surface area contributed by atoms with Crippen molar-refractivity contribution in [2.75, 3.05) is 26.5 Å². The smallest absolute Gasteiger partial charge is 0.338 e. The highest BCUT2D eigenvalue weighted by Gasteiger charge is 2.50. The molecule has 2 amide bonds. The fourth-order valence-corrected chi connectivity index (χ4v) is 7.51. The Bertz CT molecular complexity index is 1000. The molecule has 3 N–H and O–H groups in total. The van der Waals surface area contributed by atoms with Crippen molar-refractivity contribution >= 4 is 12.0 Å². The van der Waals surface area contributed by atoms with Gasteiger partial charge >= 0.3 is 12.0 Å². The Balaban J connectivity index is 1.24. The molecule has 4 saturated carbocycles. The normalized spacial score (nSPS) is 33.0.